The molecule has 0 saturated carbocycles. The van der Waals surface area contributed by atoms with Gasteiger partial charge < -0.3 is 15.5 Å². The number of nitrogens with one attached hydrogen (secondary N) is 2. The Kier molecular flexibility index (Phi) is 7.10. The first-order chi connectivity index (χ1) is 15.1. The average Bonchev–Trinajstić information content (AvgIpc) is 2.77. The molecule has 2 aromatic rings. The summed E-state index contributed by atoms with van der Waals surface area (Å²) in [7, 11) is 0. The van der Waals surface area contributed by atoms with Crippen LogP contribution in [-0.4, -0.2) is 42.9 Å². The van der Waals surface area contributed by atoms with Gasteiger partial charge in [0.1, 0.15) is 0 Å². The van der Waals surface area contributed by atoms with Gasteiger partial charge in [0.25, 0.3) is 11.8 Å². The van der Waals surface area contributed by atoms with Crippen molar-refractivity contribution in [1.29, 1.82) is 0 Å². The third-order valence-corrected chi connectivity index (χ3v) is 6.81. The Morgan fingerprint density at radius 2 is 2.10 bits per heavy atom. The number of amides is 2. The van der Waals surface area contributed by atoms with Crippen LogP contribution >= 0.6 is 11.8 Å². The number of carbonyl (C=O) groups is 2. The highest BCUT2D eigenvalue weighted by atomic mass is 32.2. The molecule has 6 heteroatoms. The van der Waals surface area contributed by atoms with Crippen molar-refractivity contribution in [3.05, 3.63) is 64.6 Å². The minimum atomic E-state index is -0.144. The normalized spacial score (nSPS) is 20.2. The molecule has 1 fully saturated rings. The van der Waals surface area contributed by atoms with Crippen molar-refractivity contribution in [2.75, 3.05) is 31.5 Å². The minimum Gasteiger partial charge on any atom is -0.352 e. The summed E-state index contributed by atoms with van der Waals surface area (Å²) in [5.74, 6) is 0.532. The molecule has 2 amide bonds. The lowest BCUT2D eigenvalue weighted by atomic mass is 10.0. The number of nitrogens with zero attached hydrogens (tertiary/aromatic N) is 1. The Hall–Kier alpha value is -2.57. The van der Waals surface area contributed by atoms with Gasteiger partial charge in [0.2, 0.25) is 0 Å². The summed E-state index contributed by atoms with van der Waals surface area (Å²) in [6, 6.07) is 15.3. The molecule has 1 saturated heterocycles. The molecule has 2 aromatic carbocycles. The average molecular weight is 436 g/mol. The highest BCUT2D eigenvalue weighted by Crippen LogP contribution is 2.39. The van der Waals surface area contributed by atoms with Crippen LogP contribution in [0, 0.1) is 5.92 Å². The summed E-state index contributed by atoms with van der Waals surface area (Å²) in [6.45, 7) is 6.32. The molecule has 2 heterocycles. The molecule has 0 radical (unpaired) electrons. The van der Waals surface area contributed by atoms with Gasteiger partial charge in [0.15, 0.2) is 0 Å². The summed E-state index contributed by atoms with van der Waals surface area (Å²) in [5.41, 5.74) is 2.25. The molecule has 0 spiro atoms. The third kappa shape index (κ3) is 5.77. The first-order valence-electron chi connectivity index (χ1n) is 11.0. The molecule has 0 bridgehead atoms. The number of fused-ring (bicyclic) bond motifs is 1. The Morgan fingerprint density at radius 3 is 2.90 bits per heavy atom. The van der Waals surface area contributed by atoms with E-state index in [0.717, 1.165) is 35.9 Å². The molecular weight excluding hydrogens is 406 g/mol. The molecule has 2 N–H and O–H groups in total. The second kappa shape index (κ2) is 10.2. The molecule has 1 unspecified atom stereocenters. The number of carbonyl (C=O) groups excluding carboxylic acids is 2. The fraction of sp³-hybridized carbons (Fsp3) is 0.360. The van der Waals surface area contributed by atoms with Gasteiger partial charge >= 0.3 is 0 Å². The summed E-state index contributed by atoms with van der Waals surface area (Å²) in [5, 5.41) is 5.94. The van der Waals surface area contributed by atoms with E-state index in [0.29, 0.717) is 22.7 Å². The van der Waals surface area contributed by atoms with E-state index < -0.39 is 0 Å². The van der Waals surface area contributed by atoms with Crippen LogP contribution in [0.15, 0.2) is 58.3 Å². The molecule has 0 aromatic heterocycles. The molecule has 5 nitrogen and oxygen atoms in total. The zero-order chi connectivity index (χ0) is 21.6. The number of hydrogen-bond donors (Lipinski definition) is 2. The molecular formula is C25H29N3O2S. The van der Waals surface area contributed by atoms with Gasteiger partial charge in [-0.05, 0) is 68.1 Å². The maximum absolute atomic E-state index is 12.6. The third-order valence-electron chi connectivity index (χ3n) is 5.71. The van der Waals surface area contributed by atoms with E-state index >= 15 is 0 Å². The molecule has 2 aliphatic heterocycles. The first kappa shape index (κ1) is 21.7. The Labute approximate surface area is 188 Å². The predicted molar refractivity (Wildman–Crippen MR) is 127 cm³/mol. The lowest BCUT2D eigenvalue weighted by molar-refractivity contribution is -0.112. The van der Waals surface area contributed by atoms with Crippen molar-refractivity contribution in [1.82, 2.24) is 10.2 Å². The number of rotatable bonds is 6. The minimum absolute atomic E-state index is 0.0975. The van der Waals surface area contributed by atoms with E-state index in [1.54, 1.807) is 6.07 Å². The monoisotopic (exact) mass is 435 g/mol. The summed E-state index contributed by atoms with van der Waals surface area (Å²) < 4.78 is 0. The van der Waals surface area contributed by atoms with Crippen molar-refractivity contribution >= 4 is 35.3 Å². The molecule has 2 aliphatic rings. The first-order valence-corrected chi connectivity index (χ1v) is 11.8. The van der Waals surface area contributed by atoms with Gasteiger partial charge in [-0.25, -0.2) is 0 Å². The second-order valence-corrected chi connectivity index (χ2v) is 9.43. The number of anilines is 1. The number of thioether (sulfide) groups is 1. The smallest absolute Gasteiger partial charge is 0.262 e. The highest BCUT2D eigenvalue weighted by molar-refractivity contribution is 8.04. The van der Waals surface area contributed by atoms with Crippen LogP contribution in [0.1, 0.15) is 42.1 Å². The van der Waals surface area contributed by atoms with Crippen molar-refractivity contribution in [3.8, 4) is 0 Å². The van der Waals surface area contributed by atoms with Crippen LogP contribution in [0.25, 0.3) is 6.08 Å². The maximum Gasteiger partial charge on any atom is 0.262 e. The topological polar surface area (TPSA) is 61.4 Å². The van der Waals surface area contributed by atoms with Gasteiger partial charge in [0, 0.05) is 23.5 Å². The number of benzene rings is 2. The van der Waals surface area contributed by atoms with Gasteiger partial charge in [-0.2, -0.15) is 0 Å². The van der Waals surface area contributed by atoms with Crippen LogP contribution in [0.3, 0.4) is 0 Å². The van der Waals surface area contributed by atoms with E-state index in [2.05, 4.69) is 22.5 Å². The van der Waals surface area contributed by atoms with Gasteiger partial charge in [-0.1, -0.05) is 49.0 Å². The highest BCUT2D eigenvalue weighted by Gasteiger charge is 2.22. The summed E-state index contributed by atoms with van der Waals surface area (Å²) in [6.07, 6.45) is 5.43. The summed E-state index contributed by atoms with van der Waals surface area (Å²) >= 11 is 1.43. The number of hydrogen-bond acceptors (Lipinski definition) is 4. The van der Waals surface area contributed by atoms with Crippen LogP contribution in [0.2, 0.25) is 0 Å². The SMILES string of the molecule is CC1CCCN(CCCNC(=O)c2ccc3c(c2)NC(=O)/C(=C/c2ccccc2)S3)C1. The molecule has 0 aliphatic carbocycles. The Bertz CT molecular complexity index is 974. The van der Waals surface area contributed by atoms with Gasteiger partial charge in [-0.15, -0.1) is 0 Å². The molecule has 31 heavy (non-hydrogen) atoms. The zero-order valence-electron chi connectivity index (χ0n) is 17.9. The molecule has 1 atom stereocenters. The largest absolute Gasteiger partial charge is 0.352 e. The van der Waals surface area contributed by atoms with E-state index in [1.165, 1.54) is 31.1 Å². The fourth-order valence-electron chi connectivity index (χ4n) is 4.10. The summed E-state index contributed by atoms with van der Waals surface area (Å²) in [4.78, 5) is 29.2. The van der Waals surface area contributed by atoms with E-state index in [1.807, 2.05) is 48.5 Å². The van der Waals surface area contributed by atoms with Crippen molar-refractivity contribution in [3.63, 3.8) is 0 Å². The van der Waals surface area contributed by atoms with Gasteiger partial charge in [0.05, 0.1) is 10.6 Å². The standard InChI is InChI=1S/C25H29N3O2S/c1-18-7-5-13-28(17-18)14-6-12-26-24(29)20-10-11-22-21(16-20)27-25(30)23(31-22)15-19-8-3-2-4-9-19/h2-4,8-11,15-16,18H,5-7,12-14,17H2,1H3,(H,26,29)(H,27,30)/b23-15-. The zero-order valence-corrected chi connectivity index (χ0v) is 18.7. The molecule has 162 valence electrons. The number of likely N-dealkylation sites (tertiary alicyclic amines) is 1. The maximum atomic E-state index is 12.6. The van der Waals surface area contributed by atoms with E-state index in [4.69, 9.17) is 0 Å². The Morgan fingerprint density at radius 1 is 1.26 bits per heavy atom. The fourth-order valence-corrected chi connectivity index (χ4v) is 5.03. The van der Waals surface area contributed by atoms with Crippen LogP contribution in [0.4, 0.5) is 5.69 Å². The van der Waals surface area contributed by atoms with Crippen molar-refractivity contribution < 1.29 is 9.59 Å². The van der Waals surface area contributed by atoms with Crippen LogP contribution in [-0.2, 0) is 4.79 Å². The lowest BCUT2D eigenvalue weighted by Gasteiger charge is -2.30. The van der Waals surface area contributed by atoms with E-state index in [9.17, 15) is 9.59 Å². The lowest BCUT2D eigenvalue weighted by Crippen LogP contribution is -2.36. The van der Waals surface area contributed by atoms with Gasteiger partial charge in [-0.3, -0.25) is 9.59 Å². The van der Waals surface area contributed by atoms with Crippen LogP contribution in [0.5, 0.6) is 0 Å². The van der Waals surface area contributed by atoms with Crippen LogP contribution < -0.4 is 10.6 Å². The van der Waals surface area contributed by atoms with Crippen molar-refractivity contribution in [2.45, 2.75) is 31.1 Å². The second-order valence-electron chi connectivity index (χ2n) is 8.34. The Balaban J connectivity index is 1.32. The number of piperidine rings is 1. The van der Waals surface area contributed by atoms with E-state index in [-0.39, 0.29) is 11.8 Å². The molecule has 4 rings (SSSR count). The van der Waals surface area contributed by atoms with Crippen molar-refractivity contribution in [2.24, 2.45) is 5.92 Å². The quantitative estimate of drug-likeness (QED) is 0.513. The predicted octanol–water partition coefficient (Wildman–Crippen LogP) is 4.62.